The van der Waals surface area contributed by atoms with E-state index in [4.69, 9.17) is 28.4 Å². The van der Waals surface area contributed by atoms with Crippen molar-refractivity contribution in [1.82, 2.24) is 10.6 Å². The van der Waals surface area contributed by atoms with Gasteiger partial charge in [-0.25, -0.2) is 4.79 Å². The Kier molecular flexibility index (Phi) is 13.0. The fourth-order valence-electron chi connectivity index (χ4n) is 14.0. The normalized spacial score (nSPS) is 34.0. The molecule has 0 radical (unpaired) electrons. The number of nitrogens with one attached hydrogen (secondary N) is 2. The predicted octanol–water partition coefficient (Wildman–Crippen LogP) is 8.58. The Bertz CT molecular complexity index is 1330. The molecule has 0 aromatic carbocycles. The van der Waals surface area contributed by atoms with Crippen LogP contribution in [0.3, 0.4) is 0 Å². The lowest BCUT2D eigenvalue weighted by atomic mass is 9.57. The minimum Gasteiger partial charge on any atom is -0.545 e. The summed E-state index contributed by atoms with van der Waals surface area (Å²) in [4.78, 5) is 24.4. The van der Waals surface area contributed by atoms with Crippen LogP contribution in [0.2, 0.25) is 0 Å². The van der Waals surface area contributed by atoms with Crippen molar-refractivity contribution in [3.8, 4) is 0 Å². The van der Waals surface area contributed by atoms with Gasteiger partial charge in [0.2, 0.25) is 0 Å². The summed E-state index contributed by atoms with van der Waals surface area (Å²) in [6, 6.07) is 0. The molecule has 0 aromatic rings. The number of hydrogen-bond donors (Lipinski definition) is 3. The number of carbonyl (C=O) groups is 2. The van der Waals surface area contributed by atoms with E-state index in [1.54, 1.807) is 0 Å². The Labute approximate surface area is 355 Å². The Morgan fingerprint density at radius 2 is 0.915 bits per heavy atom. The van der Waals surface area contributed by atoms with Crippen LogP contribution in [-0.2, 0) is 28.4 Å². The van der Waals surface area contributed by atoms with Gasteiger partial charge in [-0.15, -0.1) is 0 Å². The highest BCUT2D eigenvalue weighted by Gasteiger charge is 2.58. The zero-order valence-corrected chi connectivity index (χ0v) is 38.8. The van der Waals surface area contributed by atoms with Gasteiger partial charge in [0.15, 0.2) is 11.6 Å². The number of piperidine rings is 2. The highest BCUT2D eigenvalue weighted by Crippen LogP contribution is 2.55. The van der Waals surface area contributed by atoms with Gasteiger partial charge >= 0.3 is 6.16 Å². The topological polar surface area (TPSA) is 157 Å². The number of ether oxygens (including phenoxy) is 6. The summed E-state index contributed by atoms with van der Waals surface area (Å²) in [6.07, 6.45) is 7.99. The van der Waals surface area contributed by atoms with E-state index in [2.05, 4.69) is 93.7 Å². The molecule has 4 aliphatic heterocycles. The number of carboxylic acid groups (broad SMARTS) is 2. The van der Waals surface area contributed by atoms with E-state index in [0.29, 0.717) is 63.9 Å². The van der Waals surface area contributed by atoms with E-state index >= 15 is 0 Å². The third kappa shape index (κ3) is 10.1. The molecule has 340 valence electrons. The fraction of sp³-hybridized carbons (Fsp3) is 0.957. The molecular formula is C47H81N2O10-. The van der Waals surface area contributed by atoms with Crippen LogP contribution < -0.4 is 15.7 Å². The van der Waals surface area contributed by atoms with Gasteiger partial charge in [-0.3, -0.25) is 0 Å². The number of hydrogen-bond acceptors (Lipinski definition) is 11. The zero-order valence-electron chi connectivity index (χ0n) is 38.8. The quantitative estimate of drug-likeness (QED) is 0.181. The molecule has 6 fully saturated rings. The van der Waals surface area contributed by atoms with E-state index in [1.165, 1.54) is 0 Å². The number of carbonyl (C=O) groups excluding carboxylic acids is 1. The monoisotopic (exact) mass is 834 g/mol. The summed E-state index contributed by atoms with van der Waals surface area (Å²) in [5.74, 6) is -0.324. The molecule has 3 N–H and O–H groups in total. The van der Waals surface area contributed by atoms with Gasteiger partial charge < -0.3 is 54.1 Å². The lowest BCUT2D eigenvalue weighted by molar-refractivity contribution is -0.349. The van der Waals surface area contributed by atoms with E-state index < -0.39 is 46.9 Å². The van der Waals surface area contributed by atoms with Gasteiger partial charge in [-0.05, 0) is 149 Å². The van der Waals surface area contributed by atoms with Crippen molar-refractivity contribution in [2.75, 3.05) is 26.4 Å². The van der Waals surface area contributed by atoms with E-state index in [9.17, 15) is 19.8 Å². The summed E-state index contributed by atoms with van der Waals surface area (Å²) >= 11 is 0. The third-order valence-electron chi connectivity index (χ3n) is 16.3. The molecule has 4 heterocycles. The maximum atomic E-state index is 12.3. The Balaban J connectivity index is 1.08. The van der Waals surface area contributed by atoms with Gasteiger partial charge in [0.25, 0.3) is 6.16 Å². The van der Waals surface area contributed by atoms with Crippen molar-refractivity contribution in [3.63, 3.8) is 0 Å². The molecule has 2 aliphatic carbocycles. The smallest absolute Gasteiger partial charge is 0.506 e. The lowest BCUT2D eigenvalue weighted by Crippen LogP contribution is -2.68. The molecule has 6 aliphatic rings. The average molecular weight is 834 g/mol. The molecule has 4 saturated heterocycles. The Morgan fingerprint density at radius 3 is 1.19 bits per heavy atom. The first-order valence-corrected chi connectivity index (χ1v) is 23.1. The van der Waals surface area contributed by atoms with Crippen LogP contribution in [0.15, 0.2) is 0 Å². The molecule has 59 heavy (non-hydrogen) atoms. The molecule has 12 nitrogen and oxygen atoms in total. The van der Waals surface area contributed by atoms with Crippen LogP contribution in [0.25, 0.3) is 0 Å². The van der Waals surface area contributed by atoms with Crippen LogP contribution >= 0.6 is 0 Å². The summed E-state index contributed by atoms with van der Waals surface area (Å²) < 4.78 is 38.5. The van der Waals surface area contributed by atoms with Crippen molar-refractivity contribution in [1.29, 1.82) is 0 Å². The van der Waals surface area contributed by atoms with Gasteiger partial charge in [-0.1, -0.05) is 27.7 Å². The molecule has 2 spiro atoms. The molecule has 0 aromatic heterocycles. The van der Waals surface area contributed by atoms with Crippen molar-refractivity contribution in [2.45, 2.75) is 219 Å². The highest BCUT2D eigenvalue weighted by molar-refractivity contribution is 5.57. The van der Waals surface area contributed by atoms with Crippen molar-refractivity contribution in [3.05, 3.63) is 0 Å². The van der Waals surface area contributed by atoms with Crippen LogP contribution in [0.5, 0.6) is 0 Å². The summed E-state index contributed by atoms with van der Waals surface area (Å²) in [5.41, 5.74) is -1.74. The highest BCUT2D eigenvalue weighted by atomic mass is 16.7. The molecule has 2 atom stereocenters. The zero-order chi connectivity index (χ0) is 43.5. The Hall–Kier alpha value is -1.70. The molecule has 2 saturated carbocycles. The van der Waals surface area contributed by atoms with Crippen LogP contribution in [0, 0.1) is 39.9 Å². The van der Waals surface area contributed by atoms with E-state index in [-0.39, 0.29) is 39.4 Å². The summed E-state index contributed by atoms with van der Waals surface area (Å²) in [5, 5.41) is 29.6. The second kappa shape index (κ2) is 16.5. The first-order valence-electron chi connectivity index (χ1n) is 23.1. The van der Waals surface area contributed by atoms with Gasteiger partial charge in [0.1, 0.15) is 6.10 Å². The fourth-order valence-corrected chi connectivity index (χ4v) is 14.0. The summed E-state index contributed by atoms with van der Waals surface area (Å²) in [7, 11) is 0. The van der Waals surface area contributed by atoms with Crippen LogP contribution in [0.1, 0.15) is 173 Å². The standard InChI is InChI=1S/C47H82N2O10/c1-13-44(27-54-46(55-28-44)23-39(3,4)48-40(5,6)24-46)35(58-37(50)51)31-15-19-33(20-16-31)43(11,12)34-21-17-32(18-22-34)36(59-38(52)53)45(14-2)29-56-47(57-30-45)25-41(7,8)49-42(9,10)26-47/h31-36,48-49H,13-30H2,1-12H3,(H,50,51)(H,52,53)/p-1. The van der Waals surface area contributed by atoms with E-state index in [1.807, 2.05) is 0 Å². The predicted molar refractivity (Wildman–Crippen MR) is 224 cm³/mol. The number of rotatable bonds is 10. The van der Waals surface area contributed by atoms with Gasteiger partial charge in [0, 0.05) is 53.3 Å². The summed E-state index contributed by atoms with van der Waals surface area (Å²) in [6.45, 7) is 28.1. The lowest BCUT2D eigenvalue weighted by Gasteiger charge is -2.58. The molecule has 6 rings (SSSR count). The largest absolute Gasteiger partial charge is 0.545 e. The van der Waals surface area contributed by atoms with Crippen LogP contribution in [0.4, 0.5) is 9.59 Å². The van der Waals surface area contributed by atoms with Crippen molar-refractivity contribution in [2.24, 2.45) is 39.9 Å². The van der Waals surface area contributed by atoms with E-state index in [0.717, 1.165) is 64.2 Å². The van der Waals surface area contributed by atoms with Gasteiger partial charge in [-0.2, -0.15) is 0 Å². The first-order chi connectivity index (χ1) is 27.2. The minimum absolute atomic E-state index is 0.0537. The second-order valence-corrected chi connectivity index (χ2v) is 23.5. The minimum atomic E-state index is -1.48. The molecule has 0 bridgehead atoms. The average Bonchev–Trinajstić information content (AvgIpc) is 3.11. The Morgan fingerprint density at radius 1 is 0.610 bits per heavy atom. The maximum absolute atomic E-state index is 12.3. The van der Waals surface area contributed by atoms with Crippen molar-refractivity contribution < 1.29 is 48.2 Å². The molecule has 12 heteroatoms. The first kappa shape index (κ1) is 46.8. The van der Waals surface area contributed by atoms with Crippen LogP contribution in [-0.4, -0.2) is 89.8 Å². The maximum Gasteiger partial charge on any atom is 0.506 e. The third-order valence-corrected chi connectivity index (χ3v) is 16.3. The molecule has 0 amide bonds. The second-order valence-electron chi connectivity index (χ2n) is 23.5. The molecule has 2 unspecified atom stereocenters. The molecular weight excluding hydrogens is 753 g/mol. The van der Waals surface area contributed by atoms with Gasteiger partial charge in [0.05, 0.1) is 37.9 Å². The SMILES string of the molecule is CCC1(C(OC(=O)[O-])C2CCC(C(C)(C)C3CCC(C(OC(=O)O)C4(CC)COC5(CC(C)(C)NC(C)(C)C5)OC4)CC3)CC2)COC2(CC(C)(C)NC(C)(C)C2)OC1. The van der Waals surface area contributed by atoms with Crippen molar-refractivity contribution >= 4 is 12.3 Å².